The van der Waals surface area contributed by atoms with Gasteiger partial charge in [-0.3, -0.25) is 0 Å². The van der Waals surface area contributed by atoms with Gasteiger partial charge in [0.15, 0.2) is 0 Å². The minimum absolute atomic E-state index is 0.281. The van der Waals surface area contributed by atoms with Crippen LogP contribution in [0.2, 0.25) is 0 Å². The zero-order valence-electron chi connectivity index (χ0n) is 12.4. The van der Waals surface area contributed by atoms with Crippen LogP contribution in [0.4, 0.5) is 0 Å². The van der Waals surface area contributed by atoms with E-state index in [1.54, 1.807) is 22.5 Å². The second-order valence-electron chi connectivity index (χ2n) is 5.47. The molecule has 1 N–H and O–H groups in total. The molecule has 1 aromatic rings. The Morgan fingerprint density at radius 3 is 2.86 bits per heavy atom. The van der Waals surface area contributed by atoms with Gasteiger partial charge in [-0.15, -0.1) is 0 Å². The van der Waals surface area contributed by atoms with Gasteiger partial charge in [0.1, 0.15) is 0 Å². The highest BCUT2D eigenvalue weighted by molar-refractivity contribution is 9.10. The molecule has 1 aliphatic rings. The van der Waals surface area contributed by atoms with Crippen LogP contribution < -0.4 is 5.32 Å². The highest BCUT2D eigenvalue weighted by atomic mass is 79.9. The second kappa shape index (κ2) is 7.72. The van der Waals surface area contributed by atoms with Gasteiger partial charge < -0.3 is 5.32 Å². The normalized spacial score (nSPS) is 19.3. The predicted molar refractivity (Wildman–Crippen MR) is 88.8 cm³/mol. The zero-order valence-corrected chi connectivity index (χ0v) is 14.8. The van der Waals surface area contributed by atoms with Gasteiger partial charge in [0.05, 0.1) is 4.90 Å². The highest BCUT2D eigenvalue weighted by Crippen LogP contribution is 2.21. The summed E-state index contributed by atoms with van der Waals surface area (Å²) in [6.07, 6.45) is 4.06. The number of benzene rings is 1. The number of unbranched alkanes of at least 4 members (excludes halogenated alkanes) is 1. The molecule has 4 nitrogen and oxygen atoms in total. The summed E-state index contributed by atoms with van der Waals surface area (Å²) in [5, 5.41) is 3.38. The lowest BCUT2D eigenvalue weighted by Crippen LogP contribution is -2.41. The number of nitrogens with zero attached hydrogens (tertiary/aromatic N) is 1. The maximum absolute atomic E-state index is 12.9. The molecular weight excluding hydrogens is 352 g/mol. The zero-order chi connectivity index (χ0) is 15.3. The summed E-state index contributed by atoms with van der Waals surface area (Å²) in [5.74, 6) is 0. The number of halogens is 1. The van der Waals surface area contributed by atoms with Crippen molar-refractivity contribution in [1.29, 1.82) is 0 Å². The van der Waals surface area contributed by atoms with E-state index in [-0.39, 0.29) is 6.04 Å². The molecule has 1 unspecified atom stereocenters. The van der Waals surface area contributed by atoms with Crippen LogP contribution in [0.25, 0.3) is 0 Å². The van der Waals surface area contributed by atoms with Crippen LogP contribution in [0.15, 0.2) is 33.6 Å². The predicted octanol–water partition coefficient (Wildman–Crippen LogP) is 2.99. The number of rotatable bonds is 7. The first-order valence-corrected chi connectivity index (χ1v) is 9.76. The maximum Gasteiger partial charge on any atom is 0.243 e. The van der Waals surface area contributed by atoms with Gasteiger partial charge in [-0.1, -0.05) is 35.3 Å². The van der Waals surface area contributed by atoms with Crippen LogP contribution in [0.3, 0.4) is 0 Å². The molecule has 0 amide bonds. The van der Waals surface area contributed by atoms with Gasteiger partial charge in [0, 0.05) is 23.6 Å². The Morgan fingerprint density at radius 1 is 1.43 bits per heavy atom. The molecular formula is C15H23BrN2O2S. The topological polar surface area (TPSA) is 49.4 Å². The van der Waals surface area contributed by atoms with E-state index in [0.717, 1.165) is 36.7 Å². The molecule has 1 atom stereocenters. The molecule has 1 heterocycles. The van der Waals surface area contributed by atoms with Crippen LogP contribution in [0.1, 0.15) is 32.6 Å². The summed E-state index contributed by atoms with van der Waals surface area (Å²) in [6, 6.07) is 7.23. The van der Waals surface area contributed by atoms with Crippen LogP contribution in [-0.4, -0.2) is 38.4 Å². The maximum atomic E-state index is 12.9. The largest absolute Gasteiger partial charge is 0.313 e. The first-order valence-electron chi connectivity index (χ1n) is 7.53. The average Bonchev–Trinajstić information content (AvgIpc) is 2.96. The van der Waals surface area contributed by atoms with Crippen molar-refractivity contribution in [3.8, 4) is 0 Å². The summed E-state index contributed by atoms with van der Waals surface area (Å²) in [7, 11) is -3.42. The molecule has 0 spiro atoms. The van der Waals surface area contributed by atoms with E-state index >= 15 is 0 Å². The van der Waals surface area contributed by atoms with Crippen molar-refractivity contribution in [2.75, 3.05) is 19.6 Å². The van der Waals surface area contributed by atoms with E-state index in [2.05, 4.69) is 28.2 Å². The Labute approximate surface area is 136 Å². The van der Waals surface area contributed by atoms with E-state index in [1.807, 2.05) is 6.07 Å². The van der Waals surface area contributed by atoms with Crippen LogP contribution in [-0.2, 0) is 10.0 Å². The molecule has 118 valence electrons. The Balaban J connectivity index is 2.20. The van der Waals surface area contributed by atoms with Crippen LogP contribution in [0.5, 0.6) is 0 Å². The monoisotopic (exact) mass is 374 g/mol. The van der Waals surface area contributed by atoms with Crippen molar-refractivity contribution < 1.29 is 8.42 Å². The van der Waals surface area contributed by atoms with E-state index in [0.29, 0.717) is 18.0 Å². The van der Waals surface area contributed by atoms with Crippen molar-refractivity contribution in [2.45, 2.75) is 43.5 Å². The fourth-order valence-electron chi connectivity index (χ4n) is 2.58. The van der Waals surface area contributed by atoms with Crippen LogP contribution >= 0.6 is 15.9 Å². The summed E-state index contributed by atoms with van der Waals surface area (Å²) in [4.78, 5) is 0.367. The third-order valence-corrected chi connectivity index (χ3v) is 6.14. The summed E-state index contributed by atoms with van der Waals surface area (Å²) in [6.45, 7) is 4.22. The van der Waals surface area contributed by atoms with Gasteiger partial charge in [-0.2, -0.15) is 4.31 Å². The highest BCUT2D eigenvalue weighted by Gasteiger charge is 2.27. The fraction of sp³-hybridized carbons (Fsp3) is 0.600. The van der Waals surface area contributed by atoms with Crippen molar-refractivity contribution in [3.05, 3.63) is 28.7 Å². The van der Waals surface area contributed by atoms with Crippen molar-refractivity contribution in [2.24, 2.45) is 0 Å². The lowest BCUT2D eigenvalue weighted by molar-refractivity contribution is 0.364. The Morgan fingerprint density at radius 2 is 2.24 bits per heavy atom. The minimum Gasteiger partial charge on any atom is -0.313 e. The Hall–Kier alpha value is -0.430. The number of nitrogens with one attached hydrogen (secondary N) is 1. The van der Waals surface area contributed by atoms with E-state index < -0.39 is 10.0 Å². The molecule has 0 bridgehead atoms. The summed E-state index contributed by atoms with van der Waals surface area (Å²) >= 11 is 3.35. The smallest absolute Gasteiger partial charge is 0.243 e. The second-order valence-corrected chi connectivity index (χ2v) is 8.32. The van der Waals surface area contributed by atoms with Gasteiger partial charge in [0.2, 0.25) is 10.0 Å². The van der Waals surface area contributed by atoms with Crippen molar-refractivity contribution in [1.82, 2.24) is 9.62 Å². The molecule has 0 radical (unpaired) electrons. The minimum atomic E-state index is -3.42. The molecule has 1 saturated heterocycles. The average molecular weight is 375 g/mol. The molecule has 1 fully saturated rings. The van der Waals surface area contributed by atoms with Gasteiger partial charge in [-0.25, -0.2) is 8.42 Å². The molecule has 1 aliphatic heterocycles. The number of hydrogen-bond donors (Lipinski definition) is 1. The third-order valence-electron chi connectivity index (χ3n) is 3.78. The molecule has 2 rings (SSSR count). The SMILES string of the molecule is CCCCN(CC1CCCN1)S(=O)(=O)c1cccc(Br)c1. The molecule has 6 heteroatoms. The van der Waals surface area contributed by atoms with E-state index in [1.165, 1.54) is 0 Å². The first-order chi connectivity index (χ1) is 10.0. The summed E-state index contributed by atoms with van der Waals surface area (Å²) in [5.41, 5.74) is 0. The quantitative estimate of drug-likeness (QED) is 0.797. The third kappa shape index (κ3) is 4.52. The van der Waals surface area contributed by atoms with Gasteiger partial charge in [0.25, 0.3) is 0 Å². The number of hydrogen-bond acceptors (Lipinski definition) is 3. The first kappa shape index (κ1) is 16.9. The Bertz CT molecular complexity index is 557. The molecule has 1 aromatic carbocycles. The van der Waals surface area contributed by atoms with Crippen molar-refractivity contribution in [3.63, 3.8) is 0 Å². The fourth-order valence-corrected chi connectivity index (χ4v) is 4.70. The molecule has 0 aliphatic carbocycles. The molecule has 0 saturated carbocycles. The summed E-state index contributed by atoms with van der Waals surface area (Å²) < 4.78 is 28.1. The van der Waals surface area contributed by atoms with E-state index in [4.69, 9.17) is 0 Å². The Kier molecular flexibility index (Phi) is 6.22. The molecule has 0 aromatic heterocycles. The van der Waals surface area contributed by atoms with Gasteiger partial charge in [-0.05, 0) is 44.0 Å². The van der Waals surface area contributed by atoms with Crippen molar-refractivity contribution >= 4 is 26.0 Å². The van der Waals surface area contributed by atoms with Gasteiger partial charge >= 0.3 is 0 Å². The van der Waals surface area contributed by atoms with Crippen LogP contribution in [0, 0.1) is 0 Å². The molecule has 21 heavy (non-hydrogen) atoms. The lowest BCUT2D eigenvalue weighted by atomic mass is 10.2. The van der Waals surface area contributed by atoms with E-state index in [9.17, 15) is 8.42 Å². The lowest BCUT2D eigenvalue weighted by Gasteiger charge is -2.25. The standard InChI is InChI=1S/C15H23BrN2O2S/c1-2-3-10-18(12-14-7-5-9-17-14)21(19,20)15-8-4-6-13(16)11-15/h4,6,8,11,14,17H,2-3,5,7,9-10,12H2,1H3. The number of sulfonamides is 1.